The van der Waals surface area contributed by atoms with E-state index in [0.29, 0.717) is 0 Å². The SMILES string of the molecule is NC1(Cc2cc(Br)cs2)CCC1. The molecule has 0 aliphatic heterocycles. The van der Waals surface area contributed by atoms with Crippen molar-refractivity contribution < 1.29 is 0 Å². The second-order valence-electron chi connectivity index (χ2n) is 3.62. The highest BCUT2D eigenvalue weighted by Gasteiger charge is 2.32. The third kappa shape index (κ3) is 1.73. The fourth-order valence-corrected chi connectivity index (χ4v) is 3.21. The lowest BCUT2D eigenvalue weighted by Crippen LogP contribution is -2.48. The number of hydrogen-bond donors (Lipinski definition) is 1. The number of hydrogen-bond acceptors (Lipinski definition) is 2. The zero-order chi connectivity index (χ0) is 8.60. The van der Waals surface area contributed by atoms with E-state index in [-0.39, 0.29) is 5.54 Å². The van der Waals surface area contributed by atoms with Crippen molar-refractivity contribution in [2.24, 2.45) is 5.73 Å². The molecule has 1 heterocycles. The average Bonchev–Trinajstić information content (AvgIpc) is 2.32. The van der Waals surface area contributed by atoms with Crippen LogP contribution < -0.4 is 5.73 Å². The first-order valence-corrected chi connectivity index (χ1v) is 5.87. The van der Waals surface area contributed by atoms with E-state index in [2.05, 4.69) is 27.4 Å². The third-order valence-electron chi connectivity index (χ3n) is 2.50. The predicted octanol–water partition coefficient (Wildman–Crippen LogP) is 2.93. The van der Waals surface area contributed by atoms with Crippen molar-refractivity contribution in [3.05, 3.63) is 20.8 Å². The van der Waals surface area contributed by atoms with Crippen LogP contribution in [0.15, 0.2) is 15.9 Å². The minimum atomic E-state index is 0.129. The van der Waals surface area contributed by atoms with Crippen molar-refractivity contribution >= 4 is 27.3 Å². The minimum Gasteiger partial charge on any atom is -0.325 e. The van der Waals surface area contributed by atoms with Crippen molar-refractivity contribution in [2.45, 2.75) is 31.2 Å². The molecule has 0 unspecified atom stereocenters. The smallest absolute Gasteiger partial charge is 0.0285 e. The van der Waals surface area contributed by atoms with Gasteiger partial charge in [0.15, 0.2) is 0 Å². The van der Waals surface area contributed by atoms with Crippen LogP contribution in [0.5, 0.6) is 0 Å². The largest absolute Gasteiger partial charge is 0.325 e. The van der Waals surface area contributed by atoms with Gasteiger partial charge in [0.1, 0.15) is 0 Å². The first-order chi connectivity index (χ1) is 5.68. The molecule has 0 atom stereocenters. The fourth-order valence-electron chi connectivity index (χ4n) is 1.60. The molecule has 0 spiro atoms. The van der Waals surface area contributed by atoms with E-state index in [1.165, 1.54) is 28.6 Å². The van der Waals surface area contributed by atoms with Gasteiger partial charge in [-0.3, -0.25) is 0 Å². The first-order valence-electron chi connectivity index (χ1n) is 4.20. The maximum Gasteiger partial charge on any atom is 0.0285 e. The van der Waals surface area contributed by atoms with Crippen molar-refractivity contribution in [3.8, 4) is 0 Å². The lowest BCUT2D eigenvalue weighted by Gasteiger charge is -2.37. The van der Waals surface area contributed by atoms with Crippen LogP contribution in [0.2, 0.25) is 0 Å². The molecule has 2 N–H and O–H groups in total. The van der Waals surface area contributed by atoms with Crippen LogP contribution in [0, 0.1) is 0 Å². The number of nitrogens with two attached hydrogens (primary N) is 1. The highest BCUT2D eigenvalue weighted by molar-refractivity contribution is 9.10. The lowest BCUT2D eigenvalue weighted by atomic mass is 9.75. The normalized spacial score (nSPS) is 20.5. The summed E-state index contributed by atoms with van der Waals surface area (Å²) in [5.41, 5.74) is 6.26. The molecule has 0 bridgehead atoms. The fraction of sp³-hybridized carbons (Fsp3) is 0.556. The lowest BCUT2D eigenvalue weighted by molar-refractivity contribution is 0.249. The zero-order valence-electron chi connectivity index (χ0n) is 6.85. The third-order valence-corrected chi connectivity index (χ3v) is 4.20. The molecule has 12 heavy (non-hydrogen) atoms. The Morgan fingerprint density at radius 2 is 2.33 bits per heavy atom. The molecular weight excluding hydrogens is 234 g/mol. The predicted molar refractivity (Wildman–Crippen MR) is 56.5 cm³/mol. The van der Waals surface area contributed by atoms with Crippen LogP contribution in [0.25, 0.3) is 0 Å². The second-order valence-corrected chi connectivity index (χ2v) is 5.54. The van der Waals surface area contributed by atoms with E-state index in [9.17, 15) is 0 Å². The molecule has 1 aromatic rings. The van der Waals surface area contributed by atoms with Crippen LogP contribution in [0.4, 0.5) is 0 Å². The topological polar surface area (TPSA) is 26.0 Å². The maximum absolute atomic E-state index is 6.14. The molecule has 3 heteroatoms. The summed E-state index contributed by atoms with van der Waals surface area (Å²) in [7, 11) is 0. The van der Waals surface area contributed by atoms with Gasteiger partial charge in [0.25, 0.3) is 0 Å². The van der Waals surface area contributed by atoms with Crippen LogP contribution >= 0.6 is 27.3 Å². The summed E-state index contributed by atoms with van der Waals surface area (Å²) in [6, 6.07) is 2.18. The molecule has 2 rings (SSSR count). The van der Waals surface area contributed by atoms with Crippen LogP contribution in [0.1, 0.15) is 24.1 Å². The van der Waals surface area contributed by atoms with Crippen molar-refractivity contribution in [1.82, 2.24) is 0 Å². The Hall–Kier alpha value is 0.140. The van der Waals surface area contributed by atoms with Gasteiger partial charge in [0.05, 0.1) is 0 Å². The van der Waals surface area contributed by atoms with Crippen molar-refractivity contribution in [1.29, 1.82) is 0 Å². The van der Waals surface area contributed by atoms with Gasteiger partial charge in [0, 0.05) is 20.3 Å². The molecule has 1 aromatic heterocycles. The Balaban J connectivity index is 2.03. The summed E-state index contributed by atoms with van der Waals surface area (Å²) < 4.78 is 1.19. The maximum atomic E-state index is 6.14. The second kappa shape index (κ2) is 3.13. The minimum absolute atomic E-state index is 0.129. The molecule has 1 nitrogen and oxygen atoms in total. The van der Waals surface area contributed by atoms with Gasteiger partial charge in [-0.2, -0.15) is 0 Å². The van der Waals surface area contributed by atoms with Gasteiger partial charge in [-0.25, -0.2) is 0 Å². The molecule has 0 radical (unpaired) electrons. The molecule has 0 aromatic carbocycles. The number of halogens is 1. The van der Waals surface area contributed by atoms with E-state index >= 15 is 0 Å². The molecule has 1 fully saturated rings. The molecule has 66 valence electrons. The molecule has 1 aliphatic rings. The van der Waals surface area contributed by atoms with E-state index < -0.39 is 0 Å². The highest BCUT2D eigenvalue weighted by Crippen LogP contribution is 2.34. The summed E-state index contributed by atoms with van der Waals surface area (Å²) in [6.07, 6.45) is 4.76. The van der Waals surface area contributed by atoms with Gasteiger partial charge in [0.2, 0.25) is 0 Å². The Bertz CT molecular complexity index is 278. The Morgan fingerprint density at radius 1 is 1.58 bits per heavy atom. The van der Waals surface area contributed by atoms with E-state index in [1.54, 1.807) is 11.3 Å². The van der Waals surface area contributed by atoms with Crippen molar-refractivity contribution in [3.63, 3.8) is 0 Å². The van der Waals surface area contributed by atoms with Crippen LogP contribution in [-0.4, -0.2) is 5.54 Å². The van der Waals surface area contributed by atoms with Gasteiger partial charge in [-0.15, -0.1) is 11.3 Å². The van der Waals surface area contributed by atoms with E-state index in [4.69, 9.17) is 5.73 Å². The molecule has 0 amide bonds. The van der Waals surface area contributed by atoms with Crippen LogP contribution in [-0.2, 0) is 6.42 Å². The molecular formula is C9H12BrNS. The van der Waals surface area contributed by atoms with Gasteiger partial charge in [-0.05, 0) is 47.7 Å². The Kier molecular flexibility index (Phi) is 2.27. The molecule has 0 saturated heterocycles. The van der Waals surface area contributed by atoms with E-state index in [1.807, 2.05) is 0 Å². The summed E-state index contributed by atoms with van der Waals surface area (Å²) in [4.78, 5) is 1.41. The Labute approximate surface area is 85.1 Å². The highest BCUT2D eigenvalue weighted by atomic mass is 79.9. The summed E-state index contributed by atoms with van der Waals surface area (Å²) in [6.45, 7) is 0. The zero-order valence-corrected chi connectivity index (χ0v) is 9.25. The van der Waals surface area contributed by atoms with Gasteiger partial charge >= 0.3 is 0 Å². The van der Waals surface area contributed by atoms with Gasteiger partial charge < -0.3 is 5.73 Å². The average molecular weight is 246 g/mol. The number of rotatable bonds is 2. The summed E-state index contributed by atoms with van der Waals surface area (Å²) in [5.74, 6) is 0. The van der Waals surface area contributed by atoms with E-state index in [0.717, 1.165) is 6.42 Å². The van der Waals surface area contributed by atoms with Crippen LogP contribution in [0.3, 0.4) is 0 Å². The van der Waals surface area contributed by atoms with Gasteiger partial charge in [-0.1, -0.05) is 0 Å². The summed E-state index contributed by atoms with van der Waals surface area (Å²) in [5, 5.41) is 2.12. The molecule has 1 aliphatic carbocycles. The Morgan fingerprint density at radius 3 is 2.75 bits per heavy atom. The monoisotopic (exact) mass is 245 g/mol. The standard InChI is InChI=1S/C9H12BrNS/c10-7-4-8(12-6-7)5-9(11)2-1-3-9/h4,6H,1-3,5,11H2. The quantitative estimate of drug-likeness (QED) is 0.853. The van der Waals surface area contributed by atoms with Crippen molar-refractivity contribution in [2.75, 3.05) is 0 Å². The first kappa shape index (κ1) is 8.73. The summed E-state index contributed by atoms with van der Waals surface area (Å²) >= 11 is 5.25. The molecule has 1 saturated carbocycles. The number of thiophene rings is 1.